The summed E-state index contributed by atoms with van der Waals surface area (Å²) in [4.78, 5) is 15.7. The predicted octanol–water partition coefficient (Wildman–Crippen LogP) is 3.84. The molecule has 2 aliphatic rings. The molecule has 1 amide bonds. The summed E-state index contributed by atoms with van der Waals surface area (Å²) in [6, 6.07) is 7.73. The van der Waals surface area contributed by atoms with Crippen LogP contribution in [-0.2, 0) is 4.79 Å². The molecule has 128 valence electrons. The SMILES string of the molecule is CC(Sc1ccccc1Cl)C(=O)N1CCC2(CCNC2)CC1.Cl. The van der Waals surface area contributed by atoms with Crippen molar-refractivity contribution in [2.45, 2.75) is 36.3 Å². The van der Waals surface area contributed by atoms with E-state index in [1.54, 1.807) is 11.8 Å². The number of benzene rings is 1. The minimum Gasteiger partial charge on any atom is -0.342 e. The summed E-state index contributed by atoms with van der Waals surface area (Å²) in [5.74, 6) is 0.241. The number of nitrogens with zero attached hydrogens (tertiary/aromatic N) is 1. The van der Waals surface area contributed by atoms with Gasteiger partial charge in [-0.3, -0.25) is 4.79 Å². The summed E-state index contributed by atoms with van der Waals surface area (Å²) in [7, 11) is 0. The fourth-order valence-corrected chi connectivity index (χ4v) is 4.70. The van der Waals surface area contributed by atoms with E-state index in [0.717, 1.165) is 48.9 Å². The Hall–Kier alpha value is -0.420. The molecule has 6 heteroatoms. The Kier molecular flexibility index (Phi) is 6.66. The van der Waals surface area contributed by atoms with Crippen LogP contribution in [0.5, 0.6) is 0 Å². The molecule has 3 rings (SSSR count). The molecule has 2 heterocycles. The quantitative estimate of drug-likeness (QED) is 0.815. The molecule has 1 spiro atoms. The van der Waals surface area contributed by atoms with Crippen molar-refractivity contribution in [2.75, 3.05) is 26.2 Å². The summed E-state index contributed by atoms with van der Waals surface area (Å²) in [6.45, 7) is 6.03. The highest BCUT2D eigenvalue weighted by molar-refractivity contribution is 8.00. The topological polar surface area (TPSA) is 32.3 Å². The van der Waals surface area contributed by atoms with Gasteiger partial charge in [-0.05, 0) is 50.3 Å². The van der Waals surface area contributed by atoms with Crippen molar-refractivity contribution in [3.05, 3.63) is 29.3 Å². The highest BCUT2D eigenvalue weighted by atomic mass is 35.5. The third-order valence-electron chi connectivity index (χ3n) is 4.96. The summed E-state index contributed by atoms with van der Waals surface area (Å²) < 4.78 is 0. The Bertz CT molecular complexity index is 539. The molecule has 0 saturated carbocycles. The second-order valence-corrected chi connectivity index (χ2v) is 8.23. The summed E-state index contributed by atoms with van der Waals surface area (Å²) in [6.07, 6.45) is 3.53. The molecule has 0 aromatic heterocycles. The molecule has 3 nitrogen and oxygen atoms in total. The first-order chi connectivity index (χ1) is 10.6. The predicted molar refractivity (Wildman–Crippen MR) is 99.8 cm³/mol. The summed E-state index contributed by atoms with van der Waals surface area (Å²) in [5.41, 5.74) is 0.454. The van der Waals surface area contributed by atoms with E-state index < -0.39 is 0 Å². The van der Waals surface area contributed by atoms with Crippen LogP contribution in [0.4, 0.5) is 0 Å². The zero-order chi connectivity index (χ0) is 15.6. The average Bonchev–Trinajstić information content (AvgIpc) is 2.98. The molecule has 1 N–H and O–H groups in total. The third-order valence-corrected chi connectivity index (χ3v) is 6.56. The second-order valence-electron chi connectivity index (χ2n) is 6.44. The van der Waals surface area contributed by atoms with Crippen molar-refractivity contribution in [1.82, 2.24) is 10.2 Å². The van der Waals surface area contributed by atoms with Gasteiger partial charge >= 0.3 is 0 Å². The van der Waals surface area contributed by atoms with E-state index in [1.165, 1.54) is 6.42 Å². The number of amides is 1. The van der Waals surface area contributed by atoms with Crippen molar-refractivity contribution in [2.24, 2.45) is 5.41 Å². The lowest BCUT2D eigenvalue weighted by Gasteiger charge is -2.39. The summed E-state index contributed by atoms with van der Waals surface area (Å²) in [5, 5.41) is 4.10. The Balaban J connectivity index is 0.00000192. The van der Waals surface area contributed by atoms with Crippen LogP contribution in [0.3, 0.4) is 0 Å². The van der Waals surface area contributed by atoms with Gasteiger partial charge in [0.15, 0.2) is 0 Å². The number of hydrogen-bond acceptors (Lipinski definition) is 3. The van der Waals surface area contributed by atoms with E-state index in [4.69, 9.17) is 11.6 Å². The summed E-state index contributed by atoms with van der Waals surface area (Å²) >= 11 is 7.75. The lowest BCUT2D eigenvalue weighted by Crippen LogP contribution is -2.46. The van der Waals surface area contributed by atoms with Gasteiger partial charge in [0.1, 0.15) is 0 Å². The highest BCUT2D eigenvalue weighted by Crippen LogP contribution is 2.38. The maximum Gasteiger partial charge on any atom is 0.235 e. The van der Waals surface area contributed by atoms with Crippen LogP contribution in [-0.4, -0.2) is 42.2 Å². The van der Waals surface area contributed by atoms with E-state index in [-0.39, 0.29) is 23.6 Å². The Morgan fingerprint density at radius 3 is 2.61 bits per heavy atom. The van der Waals surface area contributed by atoms with Gasteiger partial charge in [0, 0.05) is 24.5 Å². The van der Waals surface area contributed by atoms with Crippen molar-refractivity contribution in [1.29, 1.82) is 0 Å². The number of piperidine rings is 1. The maximum absolute atomic E-state index is 12.7. The van der Waals surface area contributed by atoms with Crippen molar-refractivity contribution in [3.8, 4) is 0 Å². The van der Waals surface area contributed by atoms with Gasteiger partial charge in [0.05, 0.1) is 10.3 Å². The first-order valence-corrected chi connectivity index (χ1v) is 9.26. The van der Waals surface area contributed by atoms with E-state index in [1.807, 2.05) is 36.1 Å². The van der Waals surface area contributed by atoms with E-state index in [2.05, 4.69) is 5.32 Å². The van der Waals surface area contributed by atoms with Crippen molar-refractivity contribution in [3.63, 3.8) is 0 Å². The van der Waals surface area contributed by atoms with Gasteiger partial charge in [0.25, 0.3) is 0 Å². The molecule has 0 bridgehead atoms. The number of carbonyl (C=O) groups is 1. The molecular weight excluding hydrogens is 351 g/mol. The monoisotopic (exact) mass is 374 g/mol. The molecule has 1 aromatic carbocycles. The van der Waals surface area contributed by atoms with Gasteiger partial charge in [0.2, 0.25) is 5.91 Å². The highest BCUT2D eigenvalue weighted by Gasteiger charge is 2.38. The molecular formula is C17H24Cl2N2OS. The molecule has 2 aliphatic heterocycles. The van der Waals surface area contributed by atoms with Crippen LogP contribution in [0.1, 0.15) is 26.2 Å². The smallest absolute Gasteiger partial charge is 0.235 e. The standard InChI is InChI=1S/C17H23ClN2OS.ClH/c1-13(22-15-5-3-2-4-14(15)18)16(21)20-10-7-17(8-11-20)6-9-19-12-17;/h2-5,13,19H,6-12H2,1H3;1H. The van der Waals surface area contributed by atoms with E-state index >= 15 is 0 Å². The Morgan fingerprint density at radius 1 is 1.30 bits per heavy atom. The lowest BCUT2D eigenvalue weighted by molar-refractivity contribution is -0.132. The maximum atomic E-state index is 12.7. The molecule has 2 saturated heterocycles. The lowest BCUT2D eigenvalue weighted by atomic mass is 9.78. The first kappa shape index (κ1) is 18.9. The van der Waals surface area contributed by atoms with Crippen LogP contribution in [0, 0.1) is 5.41 Å². The van der Waals surface area contributed by atoms with Crippen LogP contribution in [0.25, 0.3) is 0 Å². The molecule has 23 heavy (non-hydrogen) atoms. The number of hydrogen-bond donors (Lipinski definition) is 1. The Morgan fingerprint density at radius 2 is 2.00 bits per heavy atom. The third kappa shape index (κ3) is 4.36. The van der Waals surface area contributed by atoms with Crippen LogP contribution in [0.15, 0.2) is 29.2 Å². The van der Waals surface area contributed by atoms with Crippen molar-refractivity contribution < 1.29 is 4.79 Å². The van der Waals surface area contributed by atoms with Crippen LogP contribution >= 0.6 is 35.8 Å². The zero-order valence-electron chi connectivity index (χ0n) is 13.4. The fourth-order valence-electron chi connectivity index (χ4n) is 3.46. The minimum absolute atomic E-state index is 0. The van der Waals surface area contributed by atoms with Gasteiger partial charge < -0.3 is 10.2 Å². The van der Waals surface area contributed by atoms with Gasteiger partial charge in [-0.15, -0.1) is 24.2 Å². The van der Waals surface area contributed by atoms with Crippen LogP contribution < -0.4 is 5.32 Å². The first-order valence-electron chi connectivity index (χ1n) is 8.00. The number of nitrogens with one attached hydrogen (secondary N) is 1. The largest absolute Gasteiger partial charge is 0.342 e. The second kappa shape index (κ2) is 8.11. The van der Waals surface area contributed by atoms with Gasteiger partial charge in [-0.1, -0.05) is 23.7 Å². The van der Waals surface area contributed by atoms with Gasteiger partial charge in [-0.2, -0.15) is 0 Å². The molecule has 1 aromatic rings. The number of thioether (sulfide) groups is 1. The molecule has 1 atom stereocenters. The molecule has 2 fully saturated rings. The number of halogens is 2. The number of carbonyl (C=O) groups excluding carboxylic acids is 1. The minimum atomic E-state index is -0.0874. The Labute approximate surface area is 153 Å². The molecule has 0 aliphatic carbocycles. The molecule has 0 radical (unpaired) electrons. The fraction of sp³-hybridized carbons (Fsp3) is 0.588. The van der Waals surface area contributed by atoms with E-state index in [9.17, 15) is 4.79 Å². The van der Waals surface area contributed by atoms with Crippen LogP contribution in [0.2, 0.25) is 5.02 Å². The molecule has 1 unspecified atom stereocenters. The van der Waals surface area contributed by atoms with E-state index in [0.29, 0.717) is 5.41 Å². The zero-order valence-corrected chi connectivity index (χ0v) is 15.8. The number of rotatable bonds is 3. The van der Waals surface area contributed by atoms with Crippen molar-refractivity contribution >= 4 is 41.7 Å². The average molecular weight is 375 g/mol. The number of likely N-dealkylation sites (tertiary alicyclic amines) is 1. The van der Waals surface area contributed by atoms with Gasteiger partial charge in [-0.25, -0.2) is 0 Å². The normalized spacial score (nSPS) is 21.0.